The first-order chi connectivity index (χ1) is 11.0. The number of benzene rings is 1. The molecule has 122 valence electrons. The smallest absolute Gasteiger partial charge is 0.269 e. The average molecular weight is 319 g/mol. The maximum absolute atomic E-state index is 12.4. The van der Waals surface area contributed by atoms with Gasteiger partial charge in [-0.05, 0) is 18.4 Å². The van der Waals surface area contributed by atoms with E-state index < -0.39 is 10.8 Å². The molecule has 0 saturated heterocycles. The molecule has 0 radical (unpaired) electrons. The molecule has 2 rings (SSSR count). The molecule has 23 heavy (non-hydrogen) atoms. The summed E-state index contributed by atoms with van der Waals surface area (Å²) in [7, 11) is 0. The number of carbonyl (C=O) groups excluding carboxylic acids is 2. The van der Waals surface area contributed by atoms with Crippen molar-refractivity contribution in [1.29, 1.82) is 0 Å². The number of rotatable bonds is 6. The van der Waals surface area contributed by atoms with E-state index in [-0.39, 0.29) is 24.4 Å². The monoisotopic (exact) mass is 319 g/mol. The van der Waals surface area contributed by atoms with Gasteiger partial charge < -0.3 is 4.90 Å². The zero-order valence-corrected chi connectivity index (χ0v) is 12.4. The molecule has 8 nitrogen and oxygen atoms in total. The second-order valence-electron chi connectivity index (χ2n) is 5.20. The lowest BCUT2D eigenvalue weighted by Crippen LogP contribution is -2.35. The fourth-order valence-corrected chi connectivity index (χ4v) is 2.39. The predicted octanol–water partition coefficient (Wildman–Crippen LogP) is 1.54. The Balaban J connectivity index is 1.98. The Bertz CT molecular complexity index is 639. The quantitative estimate of drug-likeness (QED) is 0.469. The normalized spacial score (nSPS) is 14.4. The van der Waals surface area contributed by atoms with E-state index in [0.717, 1.165) is 5.56 Å². The number of carbonyl (C=O) groups is 2. The summed E-state index contributed by atoms with van der Waals surface area (Å²) in [6, 6.07) is 6.07. The number of nitrogens with zero attached hydrogens (tertiary/aromatic N) is 2. The third-order valence-corrected chi connectivity index (χ3v) is 3.62. The predicted molar refractivity (Wildman–Crippen MR) is 80.4 cm³/mol. The van der Waals surface area contributed by atoms with Gasteiger partial charge in [0.25, 0.3) is 5.69 Å². The van der Waals surface area contributed by atoms with Gasteiger partial charge in [-0.2, -0.15) is 0 Å². The number of nitro benzene ring substituents is 1. The lowest BCUT2D eigenvalue weighted by Gasteiger charge is -2.27. The van der Waals surface area contributed by atoms with Gasteiger partial charge in [0, 0.05) is 37.2 Å². The largest absolute Gasteiger partial charge is 0.334 e. The van der Waals surface area contributed by atoms with Gasteiger partial charge >= 0.3 is 0 Å². The van der Waals surface area contributed by atoms with Gasteiger partial charge in [-0.15, -0.1) is 0 Å². The zero-order chi connectivity index (χ0) is 16.8. The number of non-ortho nitro benzene ring substituents is 1. The number of hydrogen-bond donors (Lipinski definition) is 2. The molecule has 0 spiro atoms. The van der Waals surface area contributed by atoms with Crippen LogP contribution in [0.2, 0.25) is 0 Å². The Kier molecular flexibility index (Phi) is 5.42. The number of hydrogen-bond acceptors (Lipinski definition) is 5. The first-order valence-electron chi connectivity index (χ1n) is 7.16. The van der Waals surface area contributed by atoms with Crippen LogP contribution in [0.3, 0.4) is 0 Å². The molecule has 1 aliphatic heterocycles. The van der Waals surface area contributed by atoms with Crippen molar-refractivity contribution in [3.8, 4) is 0 Å². The van der Waals surface area contributed by atoms with Crippen LogP contribution in [-0.4, -0.2) is 33.4 Å². The van der Waals surface area contributed by atoms with Crippen molar-refractivity contribution >= 4 is 17.5 Å². The van der Waals surface area contributed by atoms with Gasteiger partial charge in [0.15, 0.2) is 0 Å². The minimum Gasteiger partial charge on any atom is -0.334 e. The molecule has 0 atom stereocenters. The highest BCUT2D eigenvalue weighted by atomic mass is 16.6. The van der Waals surface area contributed by atoms with Crippen molar-refractivity contribution < 1.29 is 19.7 Å². The van der Waals surface area contributed by atoms with Gasteiger partial charge in [-0.25, -0.2) is 5.48 Å². The highest BCUT2D eigenvalue weighted by Crippen LogP contribution is 2.20. The highest BCUT2D eigenvalue weighted by molar-refractivity contribution is 5.94. The van der Waals surface area contributed by atoms with Crippen LogP contribution in [0.5, 0.6) is 0 Å². The summed E-state index contributed by atoms with van der Waals surface area (Å²) >= 11 is 0. The fourth-order valence-electron chi connectivity index (χ4n) is 2.39. The molecule has 1 aromatic carbocycles. The van der Waals surface area contributed by atoms with Crippen LogP contribution in [0.15, 0.2) is 35.9 Å². The minimum absolute atomic E-state index is 0.00863. The van der Waals surface area contributed by atoms with Gasteiger partial charge in [-0.3, -0.25) is 24.9 Å². The summed E-state index contributed by atoms with van der Waals surface area (Å²) in [4.78, 5) is 35.2. The van der Waals surface area contributed by atoms with Gasteiger partial charge in [-0.1, -0.05) is 18.2 Å². The molecule has 0 aliphatic carbocycles. The van der Waals surface area contributed by atoms with E-state index in [1.807, 2.05) is 0 Å². The van der Waals surface area contributed by atoms with Crippen molar-refractivity contribution in [1.82, 2.24) is 10.4 Å². The lowest BCUT2D eigenvalue weighted by atomic mass is 10.0. The van der Waals surface area contributed by atoms with Crippen LogP contribution >= 0.6 is 0 Å². The molecular weight excluding hydrogens is 302 g/mol. The number of nitrogens with one attached hydrogen (secondary N) is 1. The minimum atomic E-state index is -0.536. The Morgan fingerprint density at radius 3 is 2.65 bits per heavy atom. The molecule has 0 bridgehead atoms. The molecule has 1 aromatic rings. The van der Waals surface area contributed by atoms with Gasteiger partial charge in [0.2, 0.25) is 11.8 Å². The van der Waals surface area contributed by atoms with Crippen LogP contribution < -0.4 is 5.48 Å². The van der Waals surface area contributed by atoms with Crippen LogP contribution in [0.4, 0.5) is 5.69 Å². The highest BCUT2D eigenvalue weighted by Gasteiger charge is 2.22. The van der Waals surface area contributed by atoms with E-state index in [4.69, 9.17) is 5.21 Å². The Morgan fingerprint density at radius 1 is 1.35 bits per heavy atom. The topological polar surface area (TPSA) is 113 Å². The summed E-state index contributed by atoms with van der Waals surface area (Å²) in [5, 5.41) is 19.1. The van der Waals surface area contributed by atoms with Crippen molar-refractivity contribution in [2.24, 2.45) is 0 Å². The summed E-state index contributed by atoms with van der Waals surface area (Å²) in [5.41, 5.74) is 2.89. The zero-order valence-electron chi connectivity index (χ0n) is 12.4. The van der Waals surface area contributed by atoms with Crippen LogP contribution in [0.25, 0.3) is 0 Å². The SMILES string of the molecule is O=C(CCC1=CCCN(Cc2ccc([N+](=O)[O-])cc2)C1=O)NO. The summed E-state index contributed by atoms with van der Waals surface area (Å²) in [6.07, 6.45) is 2.80. The summed E-state index contributed by atoms with van der Waals surface area (Å²) < 4.78 is 0. The van der Waals surface area contributed by atoms with E-state index in [2.05, 4.69) is 0 Å². The van der Waals surface area contributed by atoms with Crippen LogP contribution in [0, 0.1) is 10.1 Å². The third-order valence-electron chi connectivity index (χ3n) is 3.62. The molecule has 1 aliphatic rings. The standard InChI is InChI=1S/C15H17N3O5/c19-14(16-21)8-5-12-2-1-9-17(15(12)20)10-11-3-6-13(7-4-11)18(22)23/h2-4,6-7,21H,1,5,8-10H2,(H,16,19). The van der Waals surface area contributed by atoms with Crippen molar-refractivity contribution in [2.75, 3.05) is 6.54 Å². The van der Waals surface area contributed by atoms with E-state index in [1.165, 1.54) is 17.6 Å². The number of amides is 2. The third kappa shape index (κ3) is 4.36. The molecule has 0 fully saturated rings. The van der Waals surface area contributed by atoms with Gasteiger partial charge in [0.05, 0.1) is 4.92 Å². The molecule has 2 amide bonds. The lowest BCUT2D eigenvalue weighted by molar-refractivity contribution is -0.384. The Labute approximate surface area is 132 Å². The molecule has 0 saturated carbocycles. The first kappa shape index (κ1) is 16.6. The molecule has 0 unspecified atom stereocenters. The van der Waals surface area contributed by atoms with E-state index in [0.29, 0.717) is 25.1 Å². The van der Waals surface area contributed by atoms with Crippen LogP contribution in [-0.2, 0) is 16.1 Å². The maximum atomic E-state index is 12.4. The maximum Gasteiger partial charge on any atom is 0.269 e. The van der Waals surface area contributed by atoms with Crippen molar-refractivity contribution in [3.63, 3.8) is 0 Å². The average Bonchev–Trinajstić information content (AvgIpc) is 2.55. The molecule has 1 heterocycles. The van der Waals surface area contributed by atoms with Crippen molar-refractivity contribution in [3.05, 3.63) is 51.6 Å². The van der Waals surface area contributed by atoms with E-state index in [9.17, 15) is 19.7 Å². The molecule has 2 N–H and O–H groups in total. The summed E-state index contributed by atoms with van der Waals surface area (Å²) in [6.45, 7) is 0.923. The second kappa shape index (κ2) is 7.50. The fraction of sp³-hybridized carbons (Fsp3) is 0.333. The van der Waals surface area contributed by atoms with E-state index >= 15 is 0 Å². The Hall–Kier alpha value is -2.74. The number of nitro groups is 1. The van der Waals surface area contributed by atoms with E-state index in [1.54, 1.807) is 23.1 Å². The molecule has 8 heteroatoms. The summed E-state index contributed by atoms with van der Waals surface area (Å²) in [5.74, 6) is -0.688. The van der Waals surface area contributed by atoms with Crippen molar-refractivity contribution in [2.45, 2.75) is 25.8 Å². The second-order valence-corrected chi connectivity index (χ2v) is 5.20. The Morgan fingerprint density at radius 2 is 2.04 bits per heavy atom. The first-order valence-corrected chi connectivity index (χ1v) is 7.16. The molecular formula is C15H17N3O5. The van der Waals surface area contributed by atoms with Crippen LogP contribution in [0.1, 0.15) is 24.8 Å². The van der Waals surface area contributed by atoms with Gasteiger partial charge in [0.1, 0.15) is 0 Å². The molecule has 0 aromatic heterocycles. The number of hydroxylamine groups is 1.